The Kier molecular flexibility index (Phi) is 4.57. The Morgan fingerprint density at radius 3 is 2.64 bits per heavy atom. The van der Waals surface area contributed by atoms with Gasteiger partial charge in [-0.15, -0.1) is 0 Å². The molecule has 0 aliphatic rings. The van der Waals surface area contributed by atoms with Gasteiger partial charge in [0.1, 0.15) is 0 Å². The quantitative estimate of drug-likeness (QED) is 0.814. The van der Waals surface area contributed by atoms with E-state index < -0.39 is 0 Å². The molecule has 0 aliphatic carbocycles. The molecule has 0 atom stereocenters. The minimum absolute atomic E-state index is 0.0702. The van der Waals surface area contributed by atoms with E-state index in [2.05, 4.69) is 21.0 Å². The smallest absolute Gasteiger partial charge is 0.0738 e. The SMILES string of the molecule is Cc1nn(CCOCCO)c(C)c1Br. The maximum atomic E-state index is 8.51. The van der Waals surface area contributed by atoms with Crippen molar-refractivity contribution in [2.45, 2.75) is 20.4 Å². The molecule has 1 aromatic heterocycles. The zero-order valence-electron chi connectivity index (χ0n) is 8.46. The lowest BCUT2D eigenvalue weighted by atomic mass is 10.4. The normalized spacial score (nSPS) is 10.9. The van der Waals surface area contributed by atoms with Crippen LogP contribution < -0.4 is 0 Å². The van der Waals surface area contributed by atoms with Gasteiger partial charge in [-0.1, -0.05) is 0 Å². The van der Waals surface area contributed by atoms with Crippen molar-refractivity contribution in [3.8, 4) is 0 Å². The number of aryl methyl sites for hydroxylation is 1. The monoisotopic (exact) mass is 262 g/mol. The van der Waals surface area contributed by atoms with Crippen LogP contribution in [0.5, 0.6) is 0 Å². The van der Waals surface area contributed by atoms with E-state index in [4.69, 9.17) is 9.84 Å². The summed E-state index contributed by atoms with van der Waals surface area (Å²) in [5.74, 6) is 0. The van der Waals surface area contributed by atoms with Gasteiger partial charge in [0.05, 0.1) is 36.5 Å². The minimum Gasteiger partial charge on any atom is -0.394 e. The van der Waals surface area contributed by atoms with E-state index in [1.54, 1.807) is 0 Å². The van der Waals surface area contributed by atoms with Gasteiger partial charge in [0, 0.05) is 5.69 Å². The van der Waals surface area contributed by atoms with Gasteiger partial charge in [0.15, 0.2) is 0 Å². The molecule has 0 fully saturated rings. The van der Waals surface area contributed by atoms with E-state index in [0.29, 0.717) is 13.2 Å². The third kappa shape index (κ3) is 2.80. The average molecular weight is 263 g/mol. The van der Waals surface area contributed by atoms with Crippen LogP contribution in [-0.2, 0) is 11.3 Å². The second-order valence-corrected chi connectivity index (χ2v) is 3.84. The van der Waals surface area contributed by atoms with Gasteiger partial charge in [-0.25, -0.2) is 0 Å². The molecule has 14 heavy (non-hydrogen) atoms. The summed E-state index contributed by atoms with van der Waals surface area (Å²) in [5.41, 5.74) is 2.10. The lowest BCUT2D eigenvalue weighted by Crippen LogP contribution is -2.10. The number of hydrogen-bond donors (Lipinski definition) is 1. The molecular weight excluding hydrogens is 248 g/mol. The summed E-state index contributed by atoms with van der Waals surface area (Å²) in [7, 11) is 0. The fourth-order valence-corrected chi connectivity index (χ4v) is 1.49. The second kappa shape index (κ2) is 5.48. The number of aromatic nitrogens is 2. The van der Waals surface area contributed by atoms with Crippen LogP contribution >= 0.6 is 15.9 Å². The molecule has 0 aromatic carbocycles. The van der Waals surface area contributed by atoms with E-state index in [1.807, 2.05) is 18.5 Å². The Morgan fingerprint density at radius 2 is 2.14 bits per heavy atom. The standard InChI is InChI=1S/C9H15BrN2O2/c1-7-9(10)8(2)12(11-7)3-5-14-6-4-13/h13H,3-6H2,1-2H3. The molecule has 0 amide bonds. The van der Waals surface area contributed by atoms with Crippen molar-refractivity contribution < 1.29 is 9.84 Å². The summed E-state index contributed by atoms with van der Waals surface area (Å²) < 4.78 is 8.12. The molecular formula is C9H15BrN2O2. The van der Waals surface area contributed by atoms with Crippen molar-refractivity contribution in [2.24, 2.45) is 0 Å². The molecule has 0 unspecified atom stereocenters. The number of rotatable bonds is 5. The zero-order valence-corrected chi connectivity index (χ0v) is 10.0. The van der Waals surface area contributed by atoms with Crippen molar-refractivity contribution in [1.29, 1.82) is 0 Å². The Morgan fingerprint density at radius 1 is 1.43 bits per heavy atom. The van der Waals surface area contributed by atoms with Gasteiger partial charge >= 0.3 is 0 Å². The first-order chi connectivity index (χ1) is 6.66. The van der Waals surface area contributed by atoms with Gasteiger partial charge in [-0.2, -0.15) is 5.10 Å². The summed E-state index contributed by atoms with van der Waals surface area (Å²) in [6.45, 7) is 5.73. The molecule has 0 spiro atoms. The largest absolute Gasteiger partial charge is 0.394 e. The highest BCUT2D eigenvalue weighted by atomic mass is 79.9. The number of nitrogens with zero attached hydrogens (tertiary/aromatic N) is 2. The lowest BCUT2D eigenvalue weighted by molar-refractivity contribution is 0.0850. The Hall–Kier alpha value is -0.390. The van der Waals surface area contributed by atoms with Crippen molar-refractivity contribution >= 4 is 15.9 Å². The molecule has 1 rings (SSSR count). The first-order valence-electron chi connectivity index (χ1n) is 4.55. The first-order valence-corrected chi connectivity index (χ1v) is 5.34. The number of aliphatic hydroxyl groups excluding tert-OH is 1. The highest BCUT2D eigenvalue weighted by Crippen LogP contribution is 2.19. The van der Waals surface area contributed by atoms with Gasteiger partial charge in [-0.3, -0.25) is 4.68 Å². The van der Waals surface area contributed by atoms with Crippen LogP contribution in [0.4, 0.5) is 0 Å². The molecule has 0 radical (unpaired) electrons. The molecule has 1 heterocycles. The average Bonchev–Trinajstić information content (AvgIpc) is 2.41. The van der Waals surface area contributed by atoms with Gasteiger partial charge in [0.25, 0.3) is 0 Å². The fraction of sp³-hybridized carbons (Fsp3) is 0.667. The van der Waals surface area contributed by atoms with Crippen molar-refractivity contribution in [3.63, 3.8) is 0 Å². The van der Waals surface area contributed by atoms with Gasteiger partial charge in [0.2, 0.25) is 0 Å². The molecule has 0 saturated heterocycles. The van der Waals surface area contributed by atoms with Crippen LogP contribution in [0.2, 0.25) is 0 Å². The fourth-order valence-electron chi connectivity index (χ4n) is 1.21. The van der Waals surface area contributed by atoms with E-state index in [1.165, 1.54) is 0 Å². The van der Waals surface area contributed by atoms with Gasteiger partial charge in [-0.05, 0) is 29.8 Å². The Labute approximate surface area is 92.0 Å². The minimum atomic E-state index is 0.0702. The third-order valence-corrected chi connectivity index (χ3v) is 3.12. The molecule has 0 bridgehead atoms. The lowest BCUT2D eigenvalue weighted by Gasteiger charge is -2.04. The Balaban J connectivity index is 2.47. The first kappa shape index (κ1) is 11.7. The van der Waals surface area contributed by atoms with Crippen LogP contribution in [0.15, 0.2) is 4.47 Å². The van der Waals surface area contributed by atoms with E-state index in [-0.39, 0.29) is 6.61 Å². The highest BCUT2D eigenvalue weighted by molar-refractivity contribution is 9.10. The van der Waals surface area contributed by atoms with E-state index in [9.17, 15) is 0 Å². The zero-order chi connectivity index (χ0) is 10.6. The summed E-state index contributed by atoms with van der Waals surface area (Å²) in [6.07, 6.45) is 0. The molecule has 80 valence electrons. The predicted octanol–water partition coefficient (Wildman–Crippen LogP) is 1.27. The second-order valence-electron chi connectivity index (χ2n) is 3.04. The maximum absolute atomic E-state index is 8.51. The number of ether oxygens (including phenoxy) is 1. The number of halogens is 1. The van der Waals surface area contributed by atoms with Crippen molar-refractivity contribution in [1.82, 2.24) is 9.78 Å². The summed E-state index contributed by atoms with van der Waals surface area (Å²) in [4.78, 5) is 0. The molecule has 1 aromatic rings. The highest BCUT2D eigenvalue weighted by Gasteiger charge is 2.07. The Bertz CT molecular complexity index is 299. The van der Waals surface area contributed by atoms with E-state index in [0.717, 1.165) is 22.4 Å². The van der Waals surface area contributed by atoms with Crippen LogP contribution in [0.1, 0.15) is 11.4 Å². The molecule has 0 saturated carbocycles. The summed E-state index contributed by atoms with van der Waals surface area (Å²) >= 11 is 3.46. The molecule has 1 N–H and O–H groups in total. The van der Waals surface area contributed by atoms with Crippen molar-refractivity contribution in [2.75, 3.05) is 19.8 Å². The summed E-state index contributed by atoms with van der Waals surface area (Å²) in [6, 6.07) is 0. The topological polar surface area (TPSA) is 47.3 Å². The number of hydrogen-bond acceptors (Lipinski definition) is 3. The van der Waals surface area contributed by atoms with Crippen LogP contribution in [-0.4, -0.2) is 34.7 Å². The van der Waals surface area contributed by atoms with Crippen LogP contribution in [0, 0.1) is 13.8 Å². The maximum Gasteiger partial charge on any atom is 0.0738 e. The molecule has 5 heteroatoms. The third-order valence-electron chi connectivity index (χ3n) is 1.98. The van der Waals surface area contributed by atoms with Crippen molar-refractivity contribution in [3.05, 3.63) is 15.9 Å². The summed E-state index contributed by atoms with van der Waals surface area (Å²) in [5, 5.41) is 12.8. The van der Waals surface area contributed by atoms with E-state index >= 15 is 0 Å². The van der Waals surface area contributed by atoms with Gasteiger partial charge < -0.3 is 9.84 Å². The molecule has 4 nitrogen and oxygen atoms in total. The van der Waals surface area contributed by atoms with Crippen LogP contribution in [0.25, 0.3) is 0 Å². The predicted molar refractivity (Wildman–Crippen MR) is 57.3 cm³/mol. The van der Waals surface area contributed by atoms with Crippen LogP contribution in [0.3, 0.4) is 0 Å². The number of aliphatic hydroxyl groups is 1. The molecule has 0 aliphatic heterocycles.